The Kier molecular flexibility index (Phi) is 6.68. The smallest absolute Gasteiger partial charge is 0.331 e. The summed E-state index contributed by atoms with van der Waals surface area (Å²) < 4.78 is 15.9. The molecule has 0 radical (unpaired) electrons. The molecule has 0 bridgehead atoms. The first-order valence-electron chi connectivity index (χ1n) is 9.18. The third-order valence-corrected chi connectivity index (χ3v) is 4.30. The molecule has 1 heterocycles. The molecule has 28 heavy (non-hydrogen) atoms. The van der Waals surface area contributed by atoms with Gasteiger partial charge in [-0.2, -0.15) is 0 Å². The zero-order valence-electron chi connectivity index (χ0n) is 15.7. The van der Waals surface area contributed by atoms with Crippen LogP contribution in [0.25, 0.3) is 6.08 Å². The van der Waals surface area contributed by atoms with E-state index in [9.17, 15) is 9.59 Å². The molecule has 3 rings (SSSR count). The quantitative estimate of drug-likeness (QED) is 0.590. The Bertz CT molecular complexity index is 847. The van der Waals surface area contributed by atoms with Gasteiger partial charge < -0.3 is 19.5 Å². The number of nitrogens with one attached hydrogen (secondary N) is 1. The van der Waals surface area contributed by atoms with Crippen molar-refractivity contribution < 1.29 is 23.8 Å². The summed E-state index contributed by atoms with van der Waals surface area (Å²) in [5, 5.41) is 2.77. The van der Waals surface area contributed by atoms with Crippen LogP contribution < -0.4 is 14.8 Å². The van der Waals surface area contributed by atoms with Crippen LogP contribution in [-0.2, 0) is 14.3 Å². The molecule has 1 aliphatic heterocycles. The van der Waals surface area contributed by atoms with Crippen LogP contribution in [0.1, 0.15) is 24.0 Å². The van der Waals surface area contributed by atoms with Crippen LogP contribution in [0.2, 0.25) is 0 Å². The van der Waals surface area contributed by atoms with E-state index in [1.807, 2.05) is 43.3 Å². The minimum atomic E-state index is -0.582. The van der Waals surface area contributed by atoms with Crippen molar-refractivity contribution in [3.8, 4) is 11.5 Å². The number of carbonyl (C=O) groups excluding carboxylic acids is 2. The van der Waals surface area contributed by atoms with E-state index >= 15 is 0 Å². The molecule has 0 aliphatic carbocycles. The average molecular weight is 381 g/mol. The molecule has 2 aromatic carbocycles. The number of ether oxygens (including phenoxy) is 3. The number of rotatable bonds is 7. The molecule has 0 saturated heterocycles. The highest BCUT2D eigenvalue weighted by molar-refractivity contribution is 5.89. The summed E-state index contributed by atoms with van der Waals surface area (Å²) in [7, 11) is 0. The Balaban J connectivity index is 1.41. The summed E-state index contributed by atoms with van der Waals surface area (Å²) in [6.07, 6.45) is 2.89. The summed E-state index contributed by atoms with van der Waals surface area (Å²) in [6, 6.07) is 15.3. The molecule has 0 saturated carbocycles. The van der Waals surface area contributed by atoms with Gasteiger partial charge in [0.1, 0.15) is 13.2 Å². The molecule has 146 valence electrons. The highest BCUT2D eigenvalue weighted by Crippen LogP contribution is 2.31. The van der Waals surface area contributed by atoms with Crippen LogP contribution in [0.3, 0.4) is 0 Å². The minimum Gasteiger partial charge on any atom is -0.486 e. The van der Waals surface area contributed by atoms with E-state index in [2.05, 4.69) is 5.32 Å². The first-order valence-corrected chi connectivity index (χ1v) is 9.18. The van der Waals surface area contributed by atoms with Crippen molar-refractivity contribution in [1.82, 2.24) is 5.32 Å². The average Bonchev–Trinajstić information content (AvgIpc) is 2.75. The first kappa shape index (κ1) is 19.5. The fraction of sp³-hybridized carbons (Fsp3) is 0.273. The van der Waals surface area contributed by atoms with Gasteiger partial charge in [-0.25, -0.2) is 4.79 Å². The van der Waals surface area contributed by atoms with Gasteiger partial charge in [0, 0.05) is 12.6 Å². The fourth-order valence-corrected chi connectivity index (χ4v) is 2.73. The van der Waals surface area contributed by atoms with Crippen LogP contribution in [0.15, 0.2) is 54.6 Å². The maximum absolute atomic E-state index is 11.9. The highest BCUT2D eigenvalue weighted by atomic mass is 16.6. The van der Waals surface area contributed by atoms with Crippen LogP contribution in [0.5, 0.6) is 11.5 Å². The van der Waals surface area contributed by atoms with E-state index in [4.69, 9.17) is 14.2 Å². The van der Waals surface area contributed by atoms with Gasteiger partial charge in [-0.05, 0) is 35.3 Å². The molecule has 1 atom stereocenters. The molecule has 1 aliphatic rings. The molecule has 0 spiro atoms. The first-order chi connectivity index (χ1) is 13.6. The summed E-state index contributed by atoms with van der Waals surface area (Å²) in [4.78, 5) is 23.7. The third kappa shape index (κ3) is 5.61. The number of hydrogen-bond donors (Lipinski definition) is 1. The van der Waals surface area contributed by atoms with Gasteiger partial charge in [-0.1, -0.05) is 43.3 Å². The van der Waals surface area contributed by atoms with E-state index in [1.54, 1.807) is 18.2 Å². The Morgan fingerprint density at radius 2 is 1.86 bits per heavy atom. The van der Waals surface area contributed by atoms with Crippen molar-refractivity contribution in [3.05, 3.63) is 65.7 Å². The lowest BCUT2D eigenvalue weighted by atomic mass is 10.0. The monoisotopic (exact) mass is 381 g/mol. The number of esters is 1. The van der Waals surface area contributed by atoms with E-state index in [1.165, 1.54) is 6.08 Å². The number of amides is 1. The summed E-state index contributed by atoms with van der Waals surface area (Å²) >= 11 is 0. The lowest BCUT2D eigenvalue weighted by Crippen LogP contribution is -2.31. The van der Waals surface area contributed by atoms with Gasteiger partial charge in [0.25, 0.3) is 5.91 Å². The lowest BCUT2D eigenvalue weighted by Gasteiger charge is -2.18. The molecule has 0 unspecified atom stereocenters. The van der Waals surface area contributed by atoms with E-state index in [0.29, 0.717) is 31.3 Å². The second-order valence-corrected chi connectivity index (χ2v) is 6.46. The maximum atomic E-state index is 11.9. The standard InChI is InChI=1S/C22H23NO5/c1-16(18-5-3-2-4-6-18)14-23-21(24)15-28-22(25)10-8-17-7-9-19-20(13-17)27-12-11-26-19/h2-10,13,16H,11-12,14-15H2,1H3,(H,23,24)/b10-8+/t16-/m0/s1. The van der Waals surface area contributed by atoms with Gasteiger partial charge in [-0.3, -0.25) is 4.79 Å². The Hall–Kier alpha value is -3.28. The number of carbonyl (C=O) groups is 2. The molecular formula is C22H23NO5. The minimum absolute atomic E-state index is 0.177. The second-order valence-electron chi connectivity index (χ2n) is 6.46. The molecule has 6 heteroatoms. The van der Waals surface area contributed by atoms with Crippen molar-refractivity contribution in [1.29, 1.82) is 0 Å². The van der Waals surface area contributed by atoms with Crippen LogP contribution in [0.4, 0.5) is 0 Å². The van der Waals surface area contributed by atoms with Gasteiger partial charge in [0.2, 0.25) is 0 Å². The van der Waals surface area contributed by atoms with Crippen molar-refractivity contribution in [2.75, 3.05) is 26.4 Å². The maximum Gasteiger partial charge on any atom is 0.331 e. The molecule has 2 aromatic rings. The Labute approximate surface area is 164 Å². The van der Waals surface area contributed by atoms with Crippen molar-refractivity contribution in [2.24, 2.45) is 0 Å². The second kappa shape index (κ2) is 9.60. The van der Waals surface area contributed by atoms with Crippen molar-refractivity contribution in [3.63, 3.8) is 0 Å². The summed E-state index contributed by atoms with van der Waals surface area (Å²) in [5.74, 6) is 0.599. The number of benzene rings is 2. The van der Waals surface area contributed by atoms with E-state index < -0.39 is 5.97 Å². The summed E-state index contributed by atoms with van der Waals surface area (Å²) in [5.41, 5.74) is 1.92. The molecule has 0 aromatic heterocycles. The highest BCUT2D eigenvalue weighted by Gasteiger charge is 2.11. The predicted octanol–water partition coefficient (Wildman–Crippen LogP) is 2.93. The SMILES string of the molecule is C[C@@H](CNC(=O)COC(=O)/C=C/c1ccc2c(c1)OCCO2)c1ccccc1. The number of hydrogen-bond acceptors (Lipinski definition) is 5. The molecular weight excluding hydrogens is 358 g/mol. The zero-order chi connectivity index (χ0) is 19.8. The van der Waals surface area contributed by atoms with Gasteiger partial charge in [0.05, 0.1) is 0 Å². The van der Waals surface area contributed by atoms with Gasteiger partial charge in [0.15, 0.2) is 18.1 Å². The topological polar surface area (TPSA) is 73.9 Å². The van der Waals surface area contributed by atoms with E-state index in [0.717, 1.165) is 11.1 Å². The summed E-state index contributed by atoms with van der Waals surface area (Å²) in [6.45, 7) is 3.22. The van der Waals surface area contributed by atoms with Crippen LogP contribution >= 0.6 is 0 Å². The normalized spacial score (nSPS) is 13.8. The third-order valence-electron chi connectivity index (χ3n) is 4.30. The van der Waals surface area contributed by atoms with Gasteiger partial charge in [-0.15, -0.1) is 0 Å². The lowest BCUT2D eigenvalue weighted by molar-refractivity contribution is -0.143. The zero-order valence-corrected chi connectivity index (χ0v) is 15.7. The molecule has 0 fully saturated rings. The molecule has 1 amide bonds. The largest absolute Gasteiger partial charge is 0.486 e. The number of fused-ring (bicyclic) bond motifs is 1. The van der Waals surface area contributed by atoms with Crippen LogP contribution in [-0.4, -0.2) is 38.2 Å². The Morgan fingerprint density at radius 1 is 1.11 bits per heavy atom. The van der Waals surface area contributed by atoms with Crippen molar-refractivity contribution in [2.45, 2.75) is 12.8 Å². The molecule has 1 N–H and O–H groups in total. The van der Waals surface area contributed by atoms with Crippen LogP contribution in [0, 0.1) is 0 Å². The molecule has 6 nitrogen and oxygen atoms in total. The Morgan fingerprint density at radius 3 is 2.64 bits per heavy atom. The van der Waals surface area contributed by atoms with Gasteiger partial charge >= 0.3 is 5.97 Å². The fourth-order valence-electron chi connectivity index (χ4n) is 2.73. The predicted molar refractivity (Wildman–Crippen MR) is 105 cm³/mol. The van der Waals surface area contributed by atoms with E-state index in [-0.39, 0.29) is 18.4 Å². The van der Waals surface area contributed by atoms with Crippen molar-refractivity contribution >= 4 is 18.0 Å².